The maximum absolute atomic E-state index is 10.7. The van der Waals surface area contributed by atoms with E-state index < -0.39 is 5.91 Å². The number of carbonyl (C=O) groups is 1. The number of carbonyl (C=O) groups excluding carboxylic acids is 1. The highest BCUT2D eigenvalue weighted by Crippen LogP contribution is 2.08. The van der Waals surface area contributed by atoms with Crippen molar-refractivity contribution in [1.82, 2.24) is 9.97 Å². The molecule has 6 nitrogen and oxygen atoms in total. The van der Waals surface area contributed by atoms with Crippen molar-refractivity contribution in [1.29, 1.82) is 0 Å². The van der Waals surface area contributed by atoms with Gasteiger partial charge in [0.2, 0.25) is 11.9 Å². The fourth-order valence-electron chi connectivity index (χ4n) is 0.997. The Balaban J connectivity index is 2.78. The van der Waals surface area contributed by atoms with Crippen molar-refractivity contribution in [2.45, 2.75) is 0 Å². The fourth-order valence-corrected chi connectivity index (χ4v) is 0.997. The first-order chi connectivity index (χ1) is 6.63. The third-order valence-corrected chi connectivity index (χ3v) is 1.65. The van der Waals surface area contributed by atoms with Crippen LogP contribution in [0.25, 0.3) is 0 Å². The van der Waals surface area contributed by atoms with E-state index in [1.54, 1.807) is 31.3 Å². The molecular formula is C8H13N5O. The van der Waals surface area contributed by atoms with Crippen molar-refractivity contribution in [3.05, 3.63) is 12.3 Å². The normalized spacial score (nSPS) is 9.57. The Morgan fingerprint density at radius 3 is 3.00 bits per heavy atom. The smallest absolute Gasteiger partial charge is 0.236 e. The van der Waals surface area contributed by atoms with Crippen LogP contribution in [0.2, 0.25) is 0 Å². The summed E-state index contributed by atoms with van der Waals surface area (Å²) in [4.78, 5) is 20.4. The Hall–Kier alpha value is -1.85. The van der Waals surface area contributed by atoms with E-state index in [4.69, 9.17) is 5.73 Å². The summed E-state index contributed by atoms with van der Waals surface area (Å²) < 4.78 is 0. The van der Waals surface area contributed by atoms with Crippen LogP contribution in [0.4, 0.5) is 11.8 Å². The molecule has 0 bridgehead atoms. The summed E-state index contributed by atoms with van der Waals surface area (Å²) in [6, 6.07) is 1.71. The van der Waals surface area contributed by atoms with Gasteiger partial charge in [0, 0.05) is 20.3 Å². The second-order valence-electron chi connectivity index (χ2n) is 2.81. The van der Waals surface area contributed by atoms with Crippen molar-refractivity contribution in [3.8, 4) is 0 Å². The van der Waals surface area contributed by atoms with E-state index >= 15 is 0 Å². The van der Waals surface area contributed by atoms with E-state index in [0.29, 0.717) is 11.8 Å². The van der Waals surface area contributed by atoms with Gasteiger partial charge in [0.15, 0.2) is 0 Å². The molecule has 1 aromatic rings. The summed E-state index contributed by atoms with van der Waals surface area (Å²) in [5, 5.41) is 2.81. The summed E-state index contributed by atoms with van der Waals surface area (Å²) in [5.74, 6) is 0.777. The molecule has 1 rings (SSSR count). The molecule has 0 spiro atoms. The number of nitrogens with zero attached hydrogens (tertiary/aromatic N) is 3. The zero-order valence-corrected chi connectivity index (χ0v) is 8.19. The molecule has 14 heavy (non-hydrogen) atoms. The first-order valence-electron chi connectivity index (χ1n) is 4.13. The molecule has 0 aliphatic heterocycles. The molecule has 0 unspecified atom stereocenters. The predicted molar refractivity (Wildman–Crippen MR) is 54.0 cm³/mol. The summed E-state index contributed by atoms with van der Waals surface area (Å²) in [6.45, 7) is 0.139. The monoisotopic (exact) mass is 195 g/mol. The molecule has 0 aromatic carbocycles. The van der Waals surface area contributed by atoms with Crippen LogP contribution in [0.1, 0.15) is 0 Å². The molecule has 0 atom stereocenters. The van der Waals surface area contributed by atoms with Crippen LogP contribution in [-0.4, -0.2) is 36.5 Å². The number of hydrogen-bond acceptors (Lipinski definition) is 5. The zero-order valence-electron chi connectivity index (χ0n) is 8.19. The van der Waals surface area contributed by atoms with E-state index in [1.165, 1.54) is 0 Å². The number of anilines is 2. The maximum Gasteiger partial charge on any atom is 0.236 e. The summed E-state index contributed by atoms with van der Waals surface area (Å²) >= 11 is 0. The minimum Gasteiger partial charge on any atom is -0.368 e. The average Bonchev–Trinajstić information content (AvgIpc) is 2.17. The molecule has 1 aromatic heterocycles. The number of amides is 1. The molecule has 0 saturated heterocycles. The number of nitrogens with one attached hydrogen (secondary N) is 1. The second kappa shape index (κ2) is 4.40. The molecule has 76 valence electrons. The van der Waals surface area contributed by atoms with Crippen LogP contribution in [0, 0.1) is 0 Å². The van der Waals surface area contributed by atoms with Crippen molar-refractivity contribution >= 4 is 17.7 Å². The lowest BCUT2D eigenvalue weighted by Gasteiger charge is -2.15. The first-order valence-corrected chi connectivity index (χ1v) is 4.13. The van der Waals surface area contributed by atoms with E-state index in [2.05, 4.69) is 15.3 Å². The van der Waals surface area contributed by atoms with Crippen molar-refractivity contribution in [2.24, 2.45) is 5.73 Å². The Morgan fingerprint density at radius 2 is 2.43 bits per heavy atom. The molecular weight excluding hydrogens is 182 g/mol. The molecule has 3 N–H and O–H groups in total. The van der Waals surface area contributed by atoms with Gasteiger partial charge in [0.1, 0.15) is 5.82 Å². The number of rotatable bonds is 4. The van der Waals surface area contributed by atoms with Gasteiger partial charge in [0.05, 0.1) is 6.54 Å². The van der Waals surface area contributed by atoms with Crippen LogP contribution in [0.3, 0.4) is 0 Å². The van der Waals surface area contributed by atoms with Gasteiger partial charge in [-0.25, -0.2) is 4.98 Å². The molecule has 1 amide bonds. The largest absolute Gasteiger partial charge is 0.368 e. The SMILES string of the molecule is CNc1nccc(N(C)CC(N)=O)n1. The van der Waals surface area contributed by atoms with E-state index in [9.17, 15) is 4.79 Å². The number of hydrogen-bond donors (Lipinski definition) is 2. The van der Waals surface area contributed by atoms with Crippen LogP contribution in [-0.2, 0) is 4.79 Å². The molecule has 1 heterocycles. The van der Waals surface area contributed by atoms with Gasteiger partial charge in [-0.2, -0.15) is 4.98 Å². The maximum atomic E-state index is 10.7. The molecule has 0 saturated carbocycles. The highest BCUT2D eigenvalue weighted by Gasteiger charge is 2.05. The van der Waals surface area contributed by atoms with Crippen LogP contribution < -0.4 is 16.0 Å². The lowest BCUT2D eigenvalue weighted by Crippen LogP contribution is -2.31. The van der Waals surface area contributed by atoms with Gasteiger partial charge >= 0.3 is 0 Å². The Labute approximate surface area is 82.1 Å². The number of likely N-dealkylation sites (N-methyl/N-ethyl adjacent to an activating group) is 1. The van der Waals surface area contributed by atoms with Gasteiger partial charge < -0.3 is 16.0 Å². The van der Waals surface area contributed by atoms with Gasteiger partial charge in [-0.15, -0.1) is 0 Å². The van der Waals surface area contributed by atoms with E-state index in [0.717, 1.165) is 0 Å². The molecule has 0 aliphatic rings. The Morgan fingerprint density at radius 1 is 1.71 bits per heavy atom. The number of nitrogens with two attached hydrogens (primary N) is 1. The third-order valence-electron chi connectivity index (χ3n) is 1.65. The molecule has 0 fully saturated rings. The minimum atomic E-state index is -0.392. The quantitative estimate of drug-likeness (QED) is 0.672. The minimum absolute atomic E-state index is 0.139. The van der Waals surface area contributed by atoms with Crippen LogP contribution >= 0.6 is 0 Å². The highest BCUT2D eigenvalue weighted by molar-refractivity contribution is 5.79. The van der Waals surface area contributed by atoms with Gasteiger partial charge in [0.25, 0.3) is 0 Å². The molecule has 6 heteroatoms. The highest BCUT2D eigenvalue weighted by atomic mass is 16.1. The van der Waals surface area contributed by atoms with Crippen LogP contribution in [0.15, 0.2) is 12.3 Å². The van der Waals surface area contributed by atoms with Gasteiger partial charge in [-0.3, -0.25) is 4.79 Å². The zero-order chi connectivity index (χ0) is 10.6. The van der Waals surface area contributed by atoms with E-state index in [-0.39, 0.29) is 6.54 Å². The predicted octanol–water partition coefficient (Wildman–Crippen LogP) is -0.560. The summed E-state index contributed by atoms with van der Waals surface area (Å²) in [6.07, 6.45) is 1.62. The fraction of sp³-hybridized carbons (Fsp3) is 0.375. The summed E-state index contributed by atoms with van der Waals surface area (Å²) in [7, 11) is 3.47. The van der Waals surface area contributed by atoms with Crippen molar-refractivity contribution in [3.63, 3.8) is 0 Å². The van der Waals surface area contributed by atoms with Crippen LogP contribution in [0.5, 0.6) is 0 Å². The van der Waals surface area contributed by atoms with Gasteiger partial charge in [-0.1, -0.05) is 0 Å². The van der Waals surface area contributed by atoms with Gasteiger partial charge in [-0.05, 0) is 6.07 Å². The lowest BCUT2D eigenvalue weighted by atomic mass is 10.5. The molecule has 0 radical (unpaired) electrons. The standard InChI is InChI=1S/C8H13N5O/c1-10-8-11-4-3-7(12-8)13(2)5-6(9)14/h3-4H,5H2,1-2H3,(H2,9,14)(H,10,11,12). The van der Waals surface area contributed by atoms with Crippen molar-refractivity contribution < 1.29 is 4.79 Å². The number of aromatic nitrogens is 2. The average molecular weight is 195 g/mol. The number of primary amides is 1. The van der Waals surface area contributed by atoms with Crippen molar-refractivity contribution in [2.75, 3.05) is 30.9 Å². The lowest BCUT2D eigenvalue weighted by molar-refractivity contribution is -0.116. The van der Waals surface area contributed by atoms with E-state index in [1.807, 2.05) is 0 Å². The Kier molecular flexibility index (Phi) is 3.22. The Bertz CT molecular complexity index is 327. The summed E-state index contributed by atoms with van der Waals surface area (Å²) in [5.41, 5.74) is 5.06. The third kappa shape index (κ3) is 2.58. The molecule has 0 aliphatic carbocycles. The first kappa shape index (κ1) is 10.2. The second-order valence-corrected chi connectivity index (χ2v) is 2.81. The topological polar surface area (TPSA) is 84.1 Å².